The molecule has 0 aliphatic heterocycles. The standard InChI is InChI=1S/2C10H8.2C7H5N3O6/c2*1-2-6-10-8-4-3-7-9(10)5-1;2*1-4-6(9(13)14)2-5(8(11)12)3-7(4)10(15)16/h2*1-8H;2*2-3H,1H3. The monoisotopic (exact) mass is 710 g/mol. The number of nitro benzene ring substituents is 6. The first-order chi connectivity index (χ1) is 24.6. The molecule has 0 saturated carbocycles. The zero-order valence-electron chi connectivity index (χ0n) is 27.1. The van der Waals surface area contributed by atoms with Crippen molar-refractivity contribution in [2.75, 3.05) is 0 Å². The molecular weight excluding hydrogens is 684 g/mol. The van der Waals surface area contributed by atoms with Crippen LogP contribution in [0.1, 0.15) is 11.1 Å². The molecule has 0 spiro atoms. The smallest absolute Gasteiger partial charge is 0.258 e. The van der Waals surface area contributed by atoms with Crippen LogP contribution in [-0.4, -0.2) is 29.5 Å². The average molecular weight is 711 g/mol. The largest absolute Gasteiger partial charge is 0.286 e. The zero-order valence-corrected chi connectivity index (χ0v) is 27.1. The summed E-state index contributed by atoms with van der Waals surface area (Å²) in [6.07, 6.45) is 0. The fraction of sp³-hybridized carbons (Fsp3) is 0.0588. The molecule has 0 aliphatic carbocycles. The van der Waals surface area contributed by atoms with Crippen LogP contribution in [0.2, 0.25) is 0 Å². The number of fused-ring (bicyclic) bond motifs is 2. The van der Waals surface area contributed by atoms with Crippen LogP contribution in [0.25, 0.3) is 21.5 Å². The zero-order chi connectivity index (χ0) is 38.5. The summed E-state index contributed by atoms with van der Waals surface area (Å²) in [5, 5.41) is 68.2. The molecule has 0 bridgehead atoms. The van der Waals surface area contributed by atoms with Crippen LogP contribution in [0, 0.1) is 74.5 Å². The van der Waals surface area contributed by atoms with Gasteiger partial charge in [0, 0.05) is 0 Å². The van der Waals surface area contributed by atoms with Gasteiger partial charge in [0.15, 0.2) is 0 Å². The number of nitrogens with zero attached hydrogens (tertiary/aromatic N) is 6. The van der Waals surface area contributed by atoms with Crippen molar-refractivity contribution in [3.8, 4) is 0 Å². The van der Waals surface area contributed by atoms with Crippen LogP contribution < -0.4 is 0 Å². The summed E-state index contributed by atoms with van der Waals surface area (Å²) in [4.78, 5) is 57.6. The molecule has 18 heteroatoms. The lowest BCUT2D eigenvalue weighted by atomic mass is 10.1. The van der Waals surface area contributed by atoms with E-state index >= 15 is 0 Å². The van der Waals surface area contributed by atoms with E-state index in [0.29, 0.717) is 24.3 Å². The highest BCUT2D eigenvalue weighted by molar-refractivity contribution is 5.82. The first-order valence-corrected chi connectivity index (χ1v) is 14.7. The minimum absolute atomic E-state index is 0.208. The highest BCUT2D eigenvalue weighted by Crippen LogP contribution is 2.33. The first-order valence-electron chi connectivity index (χ1n) is 14.7. The summed E-state index contributed by atoms with van der Waals surface area (Å²) in [7, 11) is 0. The average Bonchev–Trinajstić information content (AvgIpc) is 3.12. The molecule has 0 atom stereocenters. The van der Waals surface area contributed by atoms with E-state index in [0.717, 1.165) is 0 Å². The van der Waals surface area contributed by atoms with Gasteiger partial charge in [-0.05, 0) is 35.4 Å². The molecule has 18 nitrogen and oxygen atoms in total. The van der Waals surface area contributed by atoms with Crippen molar-refractivity contribution < 1.29 is 29.5 Å². The molecule has 0 aromatic heterocycles. The third-order valence-electron chi connectivity index (χ3n) is 7.20. The van der Waals surface area contributed by atoms with Gasteiger partial charge in [-0.2, -0.15) is 0 Å². The topological polar surface area (TPSA) is 259 Å². The van der Waals surface area contributed by atoms with Crippen molar-refractivity contribution in [1.82, 2.24) is 0 Å². The maximum Gasteiger partial charge on any atom is 0.286 e. The normalized spacial score (nSPS) is 9.88. The number of benzene rings is 6. The predicted molar refractivity (Wildman–Crippen MR) is 190 cm³/mol. The van der Waals surface area contributed by atoms with Crippen molar-refractivity contribution in [3.63, 3.8) is 0 Å². The molecule has 0 N–H and O–H groups in total. The Balaban J connectivity index is 0.000000191. The van der Waals surface area contributed by atoms with Gasteiger partial charge in [0.2, 0.25) is 0 Å². The second-order valence-corrected chi connectivity index (χ2v) is 10.5. The van der Waals surface area contributed by atoms with Crippen LogP contribution in [-0.2, 0) is 0 Å². The van der Waals surface area contributed by atoms with E-state index in [4.69, 9.17) is 0 Å². The Kier molecular flexibility index (Phi) is 13.1. The number of nitro groups is 6. The molecule has 0 fully saturated rings. The predicted octanol–water partition coefficient (Wildman–Crippen LogP) is 9.12. The summed E-state index contributed by atoms with van der Waals surface area (Å²) in [5.41, 5.74) is -4.32. The van der Waals surface area contributed by atoms with Crippen molar-refractivity contribution in [2.45, 2.75) is 13.8 Å². The summed E-state index contributed by atoms with van der Waals surface area (Å²) in [6.45, 7) is 2.33. The number of hydrogen-bond donors (Lipinski definition) is 0. The van der Waals surface area contributed by atoms with Gasteiger partial charge in [-0.1, -0.05) is 97.1 Å². The summed E-state index contributed by atoms with van der Waals surface area (Å²) >= 11 is 0. The van der Waals surface area contributed by atoms with Crippen LogP contribution >= 0.6 is 0 Å². The van der Waals surface area contributed by atoms with E-state index < -0.39 is 63.7 Å². The van der Waals surface area contributed by atoms with E-state index in [2.05, 4.69) is 97.1 Å². The van der Waals surface area contributed by atoms with Gasteiger partial charge < -0.3 is 0 Å². The summed E-state index contributed by atoms with van der Waals surface area (Å²) in [6, 6.07) is 36.2. The van der Waals surface area contributed by atoms with E-state index in [1.165, 1.54) is 35.4 Å². The van der Waals surface area contributed by atoms with Gasteiger partial charge in [-0.25, -0.2) is 0 Å². The van der Waals surface area contributed by atoms with Crippen molar-refractivity contribution in [2.24, 2.45) is 0 Å². The Labute approximate surface area is 292 Å². The summed E-state index contributed by atoms with van der Waals surface area (Å²) < 4.78 is 0. The van der Waals surface area contributed by atoms with Crippen LogP contribution in [0.15, 0.2) is 121 Å². The van der Waals surface area contributed by atoms with Gasteiger partial charge in [0.05, 0.1) is 53.8 Å². The van der Waals surface area contributed by atoms with Crippen LogP contribution in [0.5, 0.6) is 0 Å². The maximum atomic E-state index is 10.5. The highest BCUT2D eigenvalue weighted by atomic mass is 16.6. The lowest BCUT2D eigenvalue weighted by molar-refractivity contribution is -0.404. The van der Waals surface area contributed by atoms with Gasteiger partial charge in [0.1, 0.15) is 11.1 Å². The van der Waals surface area contributed by atoms with Gasteiger partial charge in [-0.15, -0.1) is 0 Å². The fourth-order valence-corrected chi connectivity index (χ4v) is 4.57. The molecule has 0 saturated heterocycles. The van der Waals surface area contributed by atoms with E-state index in [1.54, 1.807) is 0 Å². The Morgan fingerprint density at radius 3 is 0.635 bits per heavy atom. The Hall–Kier alpha value is -7.76. The number of rotatable bonds is 6. The molecule has 264 valence electrons. The minimum Gasteiger partial charge on any atom is -0.258 e. The Morgan fingerprint density at radius 2 is 0.500 bits per heavy atom. The third kappa shape index (κ3) is 10.1. The second kappa shape index (κ2) is 17.6. The molecule has 52 heavy (non-hydrogen) atoms. The molecule has 0 amide bonds. The van der Waals surface area contributed by atoms with Gasteiger partial charge >= 0.3 is 0 Å². The van der Waals surface area contributed by atoms with E-state index in [9.17, 15) is 60.7 Å². The van der Waals surface area contributed by atoms with Crippen molar-refractivity contribution in [1.29, 1.82) is 0 Å². The second-order valence-electron chi connectivity index (χ2n) is 10.5. The quantitative estimate of drug-likeness (QED) is 0.116. The fourth-order valence-electron chi connectivity index (χ4n) is 4.57. The Bertz CT molecular complexity index is 1970. The highest BCUT2D eigenvalue weighted by Gasteiger charge is 2.28. The molecule has 6 rings (SSSR count). The summed E-state index contributed by atoms with van der Waals surface area (Å²) in [5.74, 6) is 0. The van der Waals surface area contributed by atoms with Crippen molar-refractivity contribution in [3.05, 3.63) is 193 Å². The van der Waals surface area contributed by atoms with Gasteiger partial charge in [0.25, 0.3) is 34.1 Å². The molecule has 0 heterocycles. The SMILES string of the molecule is Cc1c([N+](=O)[O-])cc([N+](=O)[O-])cc1[N+](=O)[O-].Cc1c([N+](=O)[O-])cc([N+](=O)[O-])cc1[N+](=O)[O-].c1ccc2ccccc2c1.c1ccc2ccccc2c1. The molecular formula is C34H26N6O12. The van der Waals surface area contributed by atoms with E-state index in [1.807, 2.05) is 0 Å². The van der Waals surface area contributed by atoms with Gasteiger partial charge in [-0.3, -0.25) is 60.7 Å². The minimum atomic E-state index is -0.917. The number of hydrogen-bond acceptors (Lipinski definition) is 12. The number of non-ortho nitro benzene ring substituents is 2. The van der Waals surface area contributed by atoms with Crippen LogP contribution in [0.3, 0.4) is 0 Å². The molecule has 0 aliphatic rings. The third-order valence-corrected chi connectivity index (χ3v) is 7.20. The molecule has 0 unspecified atom stereocenters. The lowest BCUT2D eigenvalue weighted by Gasteiger charge is -1.99. The first kappa shape index (κ1) is 38.7. The Morgan fingerprint density at radius 1 is 0.327 bits per heavy atom. The maximum absolute atomic E-state index is 10.5. The van der Waals surface area contributed by atoms with Crippen molar-refractivity contribution >= 4 is 55.7 Å². The van der Waals surface area contributed by atoms with E-state index in [-0.39, 0.29) is 11.1 Å². The lowest BCUT2D eigenvalue weighted by Crippen LogP contribution is -2.00. The van der Waals surface area contributed by atoms with Crippen LogP contribution in [0.4, 0.5) is 34.1 Å². The molecule has 6 aromatic rings. The molecule has 0 radical (unpaired) electrons. The molecule has 6 aromatic carbocycles.